The quantitative estimate of drug-likeness (QED) is 0.241. The molecule has 0 radical (unpaired) electrons. The van der Waals surface area contributed by atoms with Crippen molar-refractivity contribution in [3.63, 3.8) is 0 Å². The zero-order valence-corrected chi connectivity index (χ0v) is 28.6. The van der Waals surface area contributed by atoms with Gasteiger partial charge in [-0.2, -0.15) is 0 Å². The fourth-order valence-corrected chi connectivity index (χ4v) is 17.5. The molecule has 2 rings (SSSR count). The second kappa shape index (κ2) is 12.8. The molecule has 0 saturated heterocycles. The molecule has 2 aromatic carbocycles. The normalized spacial score (nSPS) is 12.4. The fourth-order valence-electron chi connectivity index (χ4n) is 7.11. The van der Waals surface area contributed by atoms with Crippen molar-refractivity contribution >= 4 is 26.9 Å². The minimum atomic E-state index is -1.91. The molecule has 0 aliphatic heterocycles. The van der Waals surface area contributed by atoms with Crippen molar-refractivity contribution < 1.29 is 9.47 Å². The Bertz CT molecular complexity index is 1190. The van der Waals surface area contributed by atoms with Gasteiger partial charge in [-0.05, 0) is 57.5 Å². The van der Waals surface area contributed by atoms with Crippen LogP contribution < -0.4 is 9.47 Å². The maximum atomic E-state index is 6.00. The van der Waals surface area contributed by atoms with E-state index >= 15 is 0 Å². The highest BCUT2D eigenvalue weighted by atomic mass is 28.3. The topological polar surface area (TPSA) is 18.5 Å². The van der Waals surface area contributed by atoms with Crippen molar-refractivity contribution in [1.82, 2.24) is 0 Å². The first-order valence-corrected chi connectivity index (χ1v) is 18.9. The van der Waals surface area contributed by atoms with E-state index in [1.807, 2.05) is 6.07 Å². The molecule has 0 atom stereocenters. The Morgan fingerprint density at radius 1 is 0.553 bits per heavy atom. The average Bonchev–Trinajstić information content (AvgIpc) is 2.83. The van der Waals surface area contributed by atoms with Crippen LogP contribution in [-0.2, 0) is 0 Å². The first-order valence-electron chi connectivity index (χ1n) is 14.5. The molecule has 0 amide bonds. The lowest BCUT2D eigenvalue weighted by Gasteiger charge is -2.38. The van der Waals surface area contributed by atoms with E-state index < -0.39 is 16.1 Å². The lowest BCUT2D eigenvalue weighted by Crippen LogP contribution is -2.43. The molecule has 4 heteroatoms. The number of methoxy groups -OCH3 is 2. The van der Waals surface area contributed by atoms with Gasteiger partial charge in [0.15, 0.2) is 0 Å². The van der Waals surface area contributed by atoms with Crippen LogP contribution in [0.5, 0.6) is 11.5 Å². The summed E-state index contributed by atoms with van der Waals surface area (Å²) in [5.41, 5.74) is 13.2. The predicted octanol–water partition coefficient (Wildman–Crippen LogP) is 10.00. The molecule has 0 N–H and O–H groups in total. The van der Waals surface area contributed by atoms with Gasteiger partial charge in [0.1, 0.15) is 27.6 Å². The number of benzene rings is 2. The Kier molecular flexibility index (Phi) is 10.8. The molecule has 0 fully saturated rings. The van der Waals surface area contributed by atoms with Crippen LogP contribution in [0.3, 0.4) is 0 Å². The molecule has 0 unspecified atom stereocenters. The van der Waals surface area contributed by atoms with E-state index in [1.165, 1.54) is 0 Å². The highest BCUT2D eigenvalue weighted by Gasteiger charge is 2.42. The Labute approximate surface area is 236 Å². The lowest BCUT2D eigenvalue weighted by atomic mass is 9.98. The van der Waals surface area contributed by atoms with Crippen LogP contribution in [0, 0.1) is 22.9 Å². The van der Waals surface area contributed by atoms with Crippen molar-refractivity contribution in [3.05, 3.63) is 35.4 Å². The number of rotatable bonds is 8. The maximum Gasteiger partial charge on any atom is 0.146 e. The van der Waals surface area contributed by atoms with E-state index in [2.05, 4.69) is 124 Å². The third kappa shape index (κ3) is 5.88. The molecular weight excluding hydrogens is 497 g/mol. The van der Waals surface area contributed by atoms with Crippen LogP contribution in [0.4, 0.5) is 0 Å². The van der Waals surface area contributed by atoms with Gasteiger partial charge in [0, 0.05) is 16.3 Å². The smallest absolute Gasteiger partial charge is 0.146 e. The molecule has 0 saturated carbocycles. The molecule has 2 aromatic rings. The van der Waals surface area contributed by atoms with Gasteiger partial charge in [0.2, 0.25) is 0 Å². The van der Waals surface area contributed by atoms with Crippen molar-refractivity contribution in [3.8, 4) is 34.4 Å². The van der Waals surface area contributed by atoms with Gasteiger partial charge in [-0.15, -0.1) is 11.1 Å². The summed E-state index contributed by atoms with van der Waals surface area (Å²) in [7, 11) is -0.329. The van der Waals surface area contributed by atoms with Crippen LogP contribution in [0.1, 0.15) is 94.2 Å². The first kappa shape index (κ1) is 32.1. The van der Waals surface area contributed by atoms with Gasteiger partial charge in [-0.3, -0.25) is 0 Å². The fraction of sp³-hybridized carbons (Fsp3) is 0.588. The molecule has 0 aliphatic carbocycles. The van der Waals surface area contributed by atoms with Gasteiger partial charge in [0.25, 0.3) is 0 Å². The Hall–Kier alpha value is -2.15. The molecule has 0 bridgehead atoms. The van der Waals surface area contributed by atoms with E-state index in [9.17, 15) is 0 Å². The minimum absolute atomic E-state index is 0.568. The van der Waals surface area contributed by atoms with Gasteiger partial charge < -0.3 is 9.47 Å². The Morgan fingerprint density at radius 3 is 1.39 bits per heavy atom. The lowest BCUT2D eigenvalue weighted by molar-refractivity contribution is 0.413. The molecule has 0 aliphatic rings. The number of hydrogen-bond acceptors (Lipinski definition) is 2. The van der Waals surface area contributed by atoms with Crippen LogP contribution in [0.2, 0.25) is 33.2 Å². The van der Waals surface area contributed by atoms with Crippen LogP contribution in [0.25, 0.3) is 10.8 Å². The van der Waals surface area contributed by atoms with E-state index in [-0.39, 0.29) is 0 Å². The predicted molar refractivity (Wildman–Crippen MR) is 173 cm³/mol. The van der Waals surface area contributed by atoms with Gasteiger partial charge in [-0.1, -0.05) is 94.9 Å². The second-order valence-electron chi connectivity index (χ2n) is 12.7. The van der Waals surface area contributed by atoms with Crippen molar-refractivity contribution in [2.75, 3.05) is 14.2 Å². The summed E-state index contributed by atoms with van der Waals surface area (Å²) >= 11 is 0. The first-order chi connectivity index (χ1) is 17.7. The Balaban J connectivity index is 2.97. The molecule has 2 nitrogen and oxygen atoms in total. The highest BCUT2D eigenvalue weighted by Crippen LogP contribution is 2.43. The number of fused-ring (bicyclic) bond motifs is 1. The summed E-state index contributed by atoms with van der Waals surface area (Å²) in [5.74, 6) is 9.02. The summed E-state index contributed by atoms with van der Waals surface area (Å²) in [6.45, 7) is 28.3. The van der Waals surface area contributed by atoms with Gasteiger partial charge in [-0.25, -0.2) is 0 Å². The van der Waals surface area contributed by atoms with Gasteiger partial charge in [0.05, 0.1) is 19.8 Å². The zero-order chi connectivity index (χ0) is 29.0. The molecule has 0 aromatic heterocycles. The summed E-state index contributed by atoms with van der Waals surface area (Å²) in [5, 5.41) is 2.18. The third-order valence-electron chi connectivity index (χ3n) is 9.08. The third-order valence-corrected chi connectivity index (χ3v) is 21.7. The number of ether oxygens (including phenoxy) is 2. The Morgan fingerprint density at radius 2 is 1.00 bits per heavy atom. The second-order valence-corrected chi connectivity index (χ2v) is 23.9. The van der Waals surface area contributed by atoms with E-state index in [1.54, 1.807) is 14.2 Å². The van der Waals surface area contributed by atoms with E-state index in [0.717, 1.165) is 33.4 Å². The maximum absolute atomic E-state index is 6.00. The molecule has 208 valence electrons. The highest BCUT2D eigenvalue weighted by molar-refractivity contribution is 6.91. The largest absolute Gasteiger partial charge is 0.497 e. The summed E-state index contributed by atoms with van der Waals surface area (Å²) < 4.78 is 11.6. The zero-order valence-electron chi connectivity index (χ0n) is 26.6. The molecule has 0 spiro atoms. The molecule has 38 heavy (non-hydrogen) atoms. The van der Waals surface area contributed by atoms with Crippen LogP contribution in [0.15, 0.2) is 24.3 Å². The van der Waals surface area contributed by atoms with E-state index in [4.69, 9.17) is 9.47 Å². The van der Waals surface area contributed by atoms with Crippen molar-refractivity contribution in [1.29, 1.82) is 0 Å². The molecule has 0 heterocycles. The summed E-state index contributed by atoms with van der Waals surface area (Å²) in [6.07, 6.45) is 0. The standard InChI is InChI=1S/C34H52O2Si2/c1-23(2)37(24(3)4,25(5)6)19-17-29-21-34(36-14)32(31-16-15-30(35-13)22-33(29)31)18-20-38(26(7)8,27(9)10)28(11)12/h15-16,21-28H,1-14H3. The van der Waals surface area contributed by atoms with Crippen molar-refractivity contribution in [2.24, 2.45) is 0 Å². The van der Waals surface area contributed by atoms with E-state index in [0.29, 0.717) is 33.2 Å². The number of hydrogen-bond donors (Lipinski definition) is 0. The SMILES string of the molecule is COc1ccc2c(C#C[Si](C(C)C)(C(C)C)C(C)C)c(OC)cc(C#C[Si](C(C)C)(C(C)C)C(C)C)c2c1. The summed E-state index contributed by atoms with van der Waals surface area (Å²) in [6, 6.07) is 8.39. The average molecular weight is 549 g/mol. The van der Waals surface area contributed by atoms with Crippen LogP contribution in [-0.4, -0.2) is 30.4 Å². The summed E-state index contributed by atoms with van der Waals surface area (Å²) in [4.78, 5) is 0. The minimum Gasteiger partial charge on any atom is -0.497 e. The van der Waals surface area contributed by atoms with Crippen molar-refractivity contribution in [2.45, 2.75) is 116 Å². The van der Waals surface area contributed by atoms with Crippen LogP contribution >= 0.6 is 0 Å². The van der Waals surface area contributed by atoms with Gasteiger partial charge >= 0.3 is 0 Å². The molecular formula is C34H52O2Si2. The monoisotopic (exact) mass is 548 g/mol.